The molecular formula is C29H48O6. The van der Waals surface area contributed by atoms with Gasteiger partial charge in [0.1, 0.15) is 17.8 Å². The van der Waals surface area contributed by atoms with Crippen LogP contribution in [-0.4, -0.2) is 37.2 Å². The second-order valence-corrected chi connectivity index (χ2v) is 12.4. The Kier molecular flexibility index (Phi) is 9.20. The Morgan fingerprint density at radius 2 is 1.29 bits per heavy atom. The predicted octanol–water partition coefficient (Wildman–Crippen LogP) is 7.84. The average molecular weight is 493 g/mol. The Morgan fingerprint density at radius 1 is 0.800 bits per heavy atom. The van der Waals surface area contributed by atoms with Crippen LogP contribution in [0.1, 0.15) is 106 Å². The molecule has 0 aromatic carbocycles. The molecule has 2 fully saturated rings. The molecule has 35 heavy (non-hydrogen) atoms. The number of carbonyl (C=O) groups excluding carboxylic acids is 2. The quantitative estimate of drug-likeness (QED) is 0.278. The zero-order valence-corrected chi connectivity index (χ0v) is 23.1. The summed E-state index contributed by atoms with van der Waals surface area (Å²) in [6.07, 6.45) is 11.0. The maximum atomic E-state index is 12.7. The molecule has 200 valence electrons. The first-order chi connectivity index (χ1) is 16.4. The number of hydrogen-bond donors (Lipinski definition) is 0. The van der Waals surface area contributed by atoms with Gasteiger partial charge < -0.3 is 18.9 Å². The van der Waals surface area contributed by atoms with Crippen LogP contribution in [0.3, 0.4) is 0 Å². The van der Waals surface area contributed by atoms with E-state index in [4.69, 9.17) is 14.2 Å². The molecule has 3 aliphatic rings. The lowest BCUT2D eigenvalue weighted by molar-refractivity contribution is -0.0745. The first-order valence-electron chi connectivity index (χ1n) is 13.7. The van der Waals surface area contributed by atoms with E-state index in [0.717, 1.165) is 64.2 Å². The molecule has 6 heteroatoms. The highest BCUT2D eigenvalue weighted by atomic mass is 16.7. The smallest absolute Gasteiger partial charge is 0.438 e. The van der Waals surface area contributed by atoms with Gasteiger partial charge in [-0.3, -0.25) is 0 Å². The van der Waals surface area contributed by atoms with E-state index in [-0.39, 0.29) is 17.6 Å². The van der Waals surface area contributed by atoms with E-state index in [1.165, 1.54) is 12.7 Å². The van der Waals surface area contributed by atoms with Gasteiger partial charge in [-0.25, -0.2) is 9.59 Å². The zero-order chi connectivity index (χ0) is 25.8. The third-order valence-corrected chi connectivity index (χ3v) is 9.61. The largest absolute Gasteiger partial charge is 0.509 e. The lowest BCUT2D eigenvalue weighted by atomic mass is 9.60. The SMILES string of the molecule is COC(=O)OC1CCC(C(C)(C)C2CCC(OC(=O)OC(C)(C)C3CC=C(C)C(C)C3)CC2)CC1. The van der Waals surface area contributed by atoms with Crippen molar-refractivity contribution < 1.29 is 28.5 Å². The van der Waals surface area contributed by atoms with E-state index in [9.17, 15) is 9.59 Å². The van der Waals surface area contributed by atoms with Crippen LogP contribution in [0, 0.1) is 29.1 Å². The van der Waals surface area contributed by atoms with Crippen LogP contribution in [0.5, 0.6) is 0 Å². The molecule has 0 aromatic heterocycles. The summed E-state index contributed by atoms with van der Waals surface area (Å²) in [6, 6.07) is 0. The van der Waals surface area contributed by atoms with Crippen molar-refractivity contribution in [3.63, 3.8) is 0 Å². The minimum absolute atomic E-state index is 0.0224. The van der Waals surface area contributed by atoms with Crippen molar-refractivity contribution in [3.05, 3.63) is 11.6 Å². The maximum absolute atomic E-state index is 12.7. The van der Waals surface area contributed by atoms with Crippen molar-refractivity contribution in [1.29, 1.82) is 0 Å². The minimum Gasteiger partial charge on any atom is -0.438 e. The van der Waals surface area contributed by atoms with Crippen molar-refractivity contribution in [2.75, 3.05) is 7.11 Å². The lowest BCUT2D eigenvalue weighted by Gasteiger charge is -2.46. The standard InChI is InChI=1S/C29H48O6/c1-19-8-9-23(18-20(19)2)29(5,6)35-27(31)34-25-16-12-22(13-17-25)28(3,4)21-10-14-24(15-11-21)33-26(30)32-7/h8,20-25H,9-18H2,1-7H3. The molecule has 2 atom stereocenters. The number of carbonyl (C=O) groups is 2. The molecule has 0 aromatic rings. The van der Waals surface area contributed by atoms with Crippen molar-refractivity contribution in [2.45, 2.75) is 124 Å². The van der Waals surface area contributed by atoms with Gasteiger partial charge in [0.2, 0.25) is 0 Å². The summed E-state index contributed by atoms with van der Waals surface area (Å²) in [4.78, 5) is 24.1. The minimum atomic E-state index is -0.576. The maximum Gasteiger partial charge on any atom is 0.509 e. The molecule has 0 bridgehead atoms. The van der Waals surface area contributed by atoms with Crippen LogP contribution >= 0.6 is 0 Å². The Hall–Kier alpha value is -1.72. The number of allylic oxidation sites excluding steroid dienone is 2. The Balaban J connectivity index is 1.43. The molecule has 0 heterocycles. The molecule has 0 saturated heterocycles. The molecule has 6 nitrogen and oxygen atoms in total. The average Bonchev–Trinajstić information content (AvgIpc) is 2.81. The van der Waals surface area contributed by atoms with Crippen molar-refractivity contribution in [3.8, 4) is 0 Å². The second kappa shape index (κ2) is 11.6. The fraction of sp³-hybridized carbons (Fsp3) is 0.862. The van der Waals surface area contributed by atoms with E-state index in [0.29, 0.717) is 23.7 Å². The molecule has 2 unspecified atom stereocenters. The van der Waals surface area contributed by atoms with Crippen molar-refractivity contribution >= 4 is 12.3 Å². The highest BCUT2D eigenvalue weighted by molar-refractivity contribution is 5.61. The van der Waals surface area contributed by atoms with Crippen LogP contribution < -0.4 is 0 Å². The Morgan fingerprint density at radius 3 is 1.74 bits per heavy atom. The van der Waals surface area contributed by atoms with Crippen LogP contribution in [0.2, 0.25) is 0 Å². The second-order valence-electron chi connectivity index (χ2n) is 12.4. The highest BCUT2D eigenvalue weighted by Gasteiger charge is 2.42. The Bertz CT molecular complexity index is 753. The first-order valence-corrected chi connectivity index (χ1v) is 13.7. The van der Waals surface area contributed by atoms with Gasteiger partial charge in [0.05, 0.1) is 7.11 Å². The number of rotatable bonds is 6. The van der Waals surface area contributed by atoms with Gasteiger partial charge in [-0.05, 0) is 108 Å². The molecule has 0 amide bonds. The monoisotopic (exact) mass is 492 g/mol. The summed E-state index contributed by atoms with van der Waals surface area (Å²) in [6.45, 7) is 13.3. The first kappa shape index (κ1) is 27.9. The summed E-state index contributed by atoms with van der Waals surface area (Å²) in [7, 11) is 1.35. The summed E-state index contributed by atoms with van der Waals surface area (Å²) in [5.41, 5.74) is 1.12. The van der Waals surface area contributed by atoms with Gasteiger partial charge in [-0.15, -0.1) is 0 Å². The van der Waals surface area contributed by atoms with Crippen LogP contribution in [0.4, 0.5) is 9.59 Å². The van der Waals surface area contributed by atoms with Crippen LogP contribution in [0.25, 0.3) is 0 Å². The fourth-order valence-electron chi connectivity index (χ4n) is 6.63. The third kappa shape index (κ3) is 7.16. The molecule has 0 radical (unpaired) electrons. The summed E-state index contributed by atoms with van der Waals surface area (Å²) >= 11 is 0. The van der Waals surface area contributed by atoms with E-state index in [1.807, 2.05) is 13.8 Å². The highest BCUT2D eigenvalue weighted by Crippen LogP contribution is 2.49. The van der Waals surface area contributed by atoms with Gasteiger partial charge in [-0.2, -0.15) is 0 Å². The summed E-state index contributed by atoms with van der Waals surface area (Å²) in [5, 5.41) is 0. The van der Waals surface area contributed by atoms with E-state index in [2.05, 4.69) is 38.5 Å². The fourth-order valence-corrected chi connectivity index (χ4v) is 6.63. The van der Waals surface area contributed by atoms with Crippen LogP contribution in [-0.2, 0) is 18.9 Å². The van der Waals surface area contributed by atoms with Crippen molar-refractivity contribution in [2.24, 2.45) is 29.1 Å². The zero-order valence-electron chi connectivity index (χ0n) is 23.1. The predicted molar refractivity (Wildman–Crippen MR) is 136 cm³/mol. The third-order valence-electron chi connectivity index (χ3n) is 9.61. The normalized spacial score (nSPS) is 32.3. The van der Waals surface area contributed by atoms with E-state index in [1.54, 1.807) is 0 Å². The molecule has 0 N–H and O–H groups in total. The van der Waals surface area contributed by atoms with E-state index >= 15 is 0 Å². The summed E-state index contributed by atoms with van der Waals surface area (Å²) < 4.78 is 21.7. The van der Waals surface area contributed by atoms with Gasteiger partial charge >= 0.3 is 12.3 Å². The molecule has 3 rings (SSSR count). The van der Waals surface area contributed by atoms with Gasteiger partial charge in [0, 0.05) is 5.92 Å². The van der Waals surface area contributed by atoms with Gasteiger partial charge in [0.15, 0.2) is 0 Å². The van der Waals surface area contributed by atoms with E-state index < -0.39 is 17.9 Å². The van der Waals surface area contributed by atoms with Gasteiger partial charge in [0.25, 0.3) is 0 Å². The topological polar surface area (TPSA) is 71.1 Å². The van der Waals surface area contributed by atoms with Crippen molar-refractivity contribution in [1.82, 2.24) is 0 Å². The molecule has 0 spiro atoms. The molecule has 3 aliphatic carbocycles. The van der Waals surface area contributed by atoms with Gasteiger partial charge in [-0.1, -0.05) is 32.4 Å². The Labute approximate surface area is 212 Å². The molecule has 0 aliphatic heterocycles. The number of methoxy groups -OCH3 is 1. The number of hydrogen-bond acceptors (Lipinski definition) is 6. The molecular weight excluding hydrogens is 444 g/mol. The number of ether oxygens (including phenoxy) is 4. The summed E-state index contributed by atoms with van der Waals surface area (Å²) in [5.74, 6) is 2.07. The molecule has 2 saturated carbocycles. The van der Waals surface area contributed by atoms with Crippen LogP contribution in [0.15, 0.2) is 11.6 Å². The lowest BCUT2D eigenvalue weighted by Crippen LogP contribution is -2.41.